The van der Waals surface area contributed by atoms with Gasteiger partial charge in [-0.25, -0.2) is 0 Å². The fourth-order valence-corrected chi connectivity index (χ4v) is 3.72. The summed E-state index contributed by atoms with van der Waals surface area (Å²) in [7, 11) is 0. The van der Waals surface area contributed by atoms with Crippen LogP contribution in [0.3, 0.4) is 0 Å². The molecule has 0 amide bonds. The van der Waals surface area contributed by atoms with Crippen LogP contribution in [-0.2, 0) is 0 Å². The lowest BCUT2D eigenvalue weighted by Gasteiger charge is -2.30. The van der Waals surface area contributed by atoms with Crippen molar-refractivity contribution in [3.05, 3.63) is 0 Å². The molecule has 0 spiro atoms. The summed E-state index contributed by atoms with van der Waals surface area (Å²) >= 11 is 2.07. The maximum absolute atomic E-state index is 3.82. The maximum atomic E-state index is 3.82. The molecule has 1 N–H and O–H groups in total. The molecule has 0 aliphatic heterocycles. The summed E-state index contributed by atoms with van der Waals surface area (Å²) in [6.07, 6.45) is 13.8. The van der Waals surface area contributed by atoms with Crippen LogP contribution >= 0.6 is 11.8 Å². The average Bonchev–Trinajstić information content (AvgIpc) is 3.09. The molecule has 2 aliphatic carbocycles. The molecule has 2 aliphatic rings. The van der Waals surface area contributed by atoms with Crippen LogP contribution in [0.4, 0.5) is 0 Å². The van der Waals surface area contributed by atoms with Crippen molar-refractivity contribution in [2.24, 2.45) is 5.92 Å². The van der Waals surface area contributed by atoms with Gasteiger partial charge in [0.15, 0.2) is 0 Å². The Morgan fingerprint density at radius 2 is 1.88 bits per heavy atom. The summed E-state index contributed by atoms with van der Waals surface area (Å²) in [5.74, 6) is 1.04. The summed E-state index contributed by atoms with van der Waals surface area (Å²) in [4.78, 5) is 0. The highest BCUT2D eigenvalue weighted by atomic mass is 32.2. The van der Waals surface area contributed by atoms with Crippen molar-refractivity contribution in [3.63, 3.8) is 0 Å². The molecule has 0 aromatic carbocycles. The van der Waals surface area contributed by atoms with Gasteiger partial charge in [0.05, 0.1) is 0 Å². The van der Waals surface area contributed by atoms with E-state index in [-0.39, 0.29) is 0 Å². The summed E-state index contributed by atoms with van der Waals surface area (Å²) in [6.45, 7) is 3.58. The standard InChI is InChI=1S/C14H27NS/c1-3-4-12-5-7-13(8-6-12)15-11-14(16-2)9-10-14/h12-13,15H,3-11H2,1-2H3. The molecule has 1 nitrogen and oxygen atoms in total. The number of rotatable bonds is 6. The largest absolute Gasteiger partial charge is 0.313 e. The van der Waals surface area contributed by atoms with Crippen LogP contribution in [0.2, 0.25) is 0 Å². The second-order valence-electron chi connectivity index (χ2n) is 5.77. The minimum absolute atomic E-state index is 0.639. The predicted octanol–water partition coefficient (Wildman–Crippen LogP) is 3.83. The Balaban J connectivity index is 1.62. The molecule has 0 unspecified atom stereocenters. The normalized spacial score (nSPS) is 32.6. The molecular weight excluding hydrogens is 214 g/mol. The highest BCUT2D eigenvalue weighted by Gasteiger charge is 2.41. The van der Waals surface area contributed by atoms with Crippen molar-refractivity contribution in [3.8, 4) is 0 Å². The van der Waals surface area contributed by atoms with E-state index in [2.05, 4.69) is 30.3 Å². The van der Waals surface area contributed by atoms with Gasteiger partial charge in [-0.3, -0.25) is 0 Å². The van der Waals surface area contributed by atoms with Gasteiger partial charge in [0.25, 0.3) is 0 Å². The Morgan fingerprint density at radius 1 is 1.19 bits per heavy atom. The molecule has 0 atom stereocenters. The molecule has 2 rings (SSSR count). The summed E-state index contributed by atoms with van der Waals surface area (Å²) in [6, 6.07) is 0.831. The molecule has 0 saturated heterocycles. The van der Waals surface area contributed by atoms with Crippen molar-refractivity contribution in [2.45, 2.75) is 69.1 Å². The summed E-state index contributed by atoms with van der Waals surface area (Å²) in [5, 5.41) is 3.82. The fraction of sp³-hybridized carbons (Fsp3) is 1.00. The van der Waals surface area contributed by atoms with Crippen LogP contribution < -0.4 is 5.32 Å². The Hall–Kier alpha value is 0.310. The number of hydrogen-bond donors (Lipinski definition) is 1. The lowest BCUT2D eigenvalue weighted by atomic mass is 9.83. The maximum Gasteiger partial charge on any atom is 0.0282 e. The van der Waals surface area contributed by atoms with E-state index in [0.717, 1.165) is 12.0 Å². The third-order valence-corrected chi connectivity index (χ3v) is 5.92. The van der Waals surface area contributed by atoms with E-state index in [0.29, 0.717) is 4.75 Å². The zero-order chi connectivity index (χ0) is 11.4. The van der Waals surface area contributed by atoms with Gasteiger partial charge in [-0.15, -0.1) is 0 Å². The van der Waals surface area contributed by atoms with Gasteiger partial charge < -0.3 is 5.32 Å². The number of nitrogens with one attached hydrogen (secondary N) is 1. The van der Waals surface area contributed by atoms with Crippen molar-refractivity contribution < 1.29 is 0 Å². The van der Waals surface area contributed by atoms with Crippen LogP contribution in [0.5, 0.6) is 0 Å². The lowest BCUT2D eigenvalue weighted by Crippen LogP contribution is -2.37. The quantitative estimate of drug-likeness (QED) is 0.758. The van der Waals surface area contributed by atoms with Crippen LogP contribution in [0.25, 0.3) is 0 Å². The minimum atomic E-state index is 0.639. The third-order valence-electron chi connectivity index (χ3n) is 4.50. The Bertz CT molecular complexity index is 205. The van der Waals surface area contributed by atoms with Crippen molar-refractivity contribution in [1.29, 1.82) is 0 Å². The van der Waals surface area contributed by atoms with Gasteiger partial charge in [-0.2, -0.15) is 11.8 Å². The summed E-state index contributed by atoms with van der Waals surface area (Å²) in [5.41, 5.74) is 0. The molecule has 2 fully saturated rings. The molecule has 0 bridgehead atoms. The van der Waals surface area contributed by atoms with E-state index in [4.69, 9.17) is 0 Å². The van der Waals surface area contributed by atoms with E-state index in [1.165, 1.54) is 57.9 Å². The first kappa shape index (κ1) is 12.8. The first-order valence-corrected chi connectivity index (χ1v) is 8.29. The topological polar surface area (TPSA) is 12.0 Å². The third kappa shape index (κ3) is 3.40. The minimum Gasteiger partial charge on any atom is -0.313 e. The Kier molecular flexibility index (Phi) is 4.60. The molecule has 0 heterocycles. The molecule has 16 heavy (non-hydrogen) atoms. The molecule has 94 valence electrons. The Labute approximate surface area is 105 Å². The van der Waals surface area contributed by atoms with E-state index >= 15 is 0 Å². The predicted molar refractivity (Wildman–Crippen MR) is 74.1 cm³/mol. The second kappa shape index (κ2) is 5.77. The molecule has 0 aromatic rings. The van der Waals surface area contributed by atoms with Gasteiger partial charge in [0.1, 0.15) is 0 Å². The Morgan fingerprint density at radius 3 is 2.38 bits per heavy atom. The van der Waals surface area contributed by atoms with E-state index < -0.39 is 0 Å². The van der Waals surface area contributed by atoms with Crippen LogP contribution in [0, 0.1) is 5.92 Å². The fourth-order valence-electron chi connectivity index (χ4n) is 2.99. The lowest BCUT2D eigenvalue weighted by molar-refractivity contribution is 0.278. The monoisotopic (exact) mass is 241 g/mol. The number of hydrogen-bond acceptors (Lipinski definition) is 2. The summed E-state index contributed by atoms with van der Waals surface area (Å²) < 4.78 is 0.639. The zero-order valence-electron chi connectivity index (χ0n) is 10.9. The average molecular weight is 241 g/mol. The van der Waals surface area contributed by atoms with Crippen LogP contribution in [-0.4, -0.2) is 23.6 Å². The van der Waals surface area contributed by atoms with E-state index in [9.17, 15) is 0 Å². The van der Waals surface area contributed by atoms with Crippen LogP contribution in [0.1, 0.15) is 58.3 Å². The van der Waals surface area contributed by atoms with Gasteiger partial charge in [-0.05, 0) is 50.7 Å². The smallest absolute Gasteiger partial charge is 0.0282 e. The molecule has 0 aromatic heterocycles. The van der Waals surface area contributed by atoms with Gasteiger partial charge >= 0.3 is 0 Å². The van der Waals surface area contributed by atoms with E-state index in [1.54, 1.807) is 0 Å². The first-order valence-electron chi connectivity index (χ1n) is 7.06. The van der Waals surface area contributed by atoms with Gasteiger partial charge in [0.2, 0.25) is 0 Å². The van der Waals surface area contributed by atoms with Crippen molar-refractivity contribution >= 4 is 11.8 Å². The van der Waals surface area contributed by atoms with E-state index in [1.807, 2.05) is 0 Å². The van der Waals surface area contributed by atoms with Crippen LogP contribution in [0.15, 0.2) is 0 Å². The molecule has 0 radical (unpaired) electrons. The SMILES string of the molecule is CCCC1CCC(NCC2(SC)CC2)CC1. The van der Waals surface area contributed by atoms with Crippen molar-refractivity contribution in [2.75, 3.05) is 12.8 Å². The first-order chi connectivity index (χ1) is 7.78. The van der Waals surface area contributed by atoms with Crippen molar-refractivity contribution in [1.82, 2.24) is 5.32 Å². The number of thioether (sulfide) groups is 1. The zero-order valence-corrected chi connectivity index (χ0v) is 11.7. The second-order valence-corrected chi connectivity index (χ2v) is 7.05. The molecular formula is C14H27NS. The highest BCUT2D eigenvalue weighted by molar-refractivity contribution is 8.00. The van der Waals surface area contributed by atoms with Gasteiger partial charge in [0, 0.05) is 17.3 Å². The molecule has 2 saturated carbocycles. The van der Waals surface area contributed by atoms with Gasteiger partial charge in [-0.1, -0.05) is 19.8 Å². The molecule has 2 heteroatoms. The highest BCUT2D eigenvalue weighted by Crippen LogP contribution is 2.46.